The quantitative estimate of drug-likeness (QED) is 0.277. The van der Waals surface area contributed by atoms with E-state index in [9.17, 15) is 9.59 Å². The minimum Gasteiger partial charge on any atom is -0.493 e. The van der Waals surface area contributed by atoms with E-state index in [0.29, 0.717) is 62.8 Å². The second-order valence-electron chi connectivity index (χ2n) is 9.69. The van der Waals surface area contributed by atoms with Crippen LogP contribution < -0.4 is 4.74 Å². The summed E-state index contributed by atoms with van der Waals surface area (Å²) in [7, 11) is 1.60. The molecule has 222 valence electrons. The van der Waals surface area contributed by atoms with Crippen LogP contribution in [0.5, 0.6) is 5.75 Å². The van der Waals surface area contributed by atoms with E-state index in [1.807, 2.05) is 41.5 Å². The minimum atomic E-state index is -0.524. The van der Waals surface area contributed by atoms with Crippen LogP contribution in [-0.4, -0.2) is 80.3 Å². The summed E-state index contributed by atoms with van der Waals surface area (Å²) in [6.45, 7) is 14.6. The summed E-state index contributed by atoms with van der Waals surface area (Å²) < 4.78 is 31.7. The molecule has 0 radical (unpaired) electrons. The Labute approximate surface area is 243 Å². The molecule has 3 rings (SSSR count). The summed E-state index contributed by atoms with van der Waals surface area (Å²) >= 11 is 6.67. The van der Waals surface area contributed by atoms with E-state index in [1.54, 1.807) is 29.0 Å². The first-order chi connectivity index (χ1) is 19.2. The third-order valence-electron chi connectivity index (χ3n) is 6.71. The van der Waals surface area contributed by atoms with Gasteiger partial charge in [-0.15, -0.1) is 0 Å². The zero-order valence-corrected chi connectivity index (χ0v) is 25.6. The highest BCUT2D eigenvalue weighted by atomic mass is 35.5. The fourth-order valence-corrected chi connectivity index (χ4v) is 4.77. The van der Waals surface area contributed by atoms with Gasteiger partial charge < -0.3 is 24.0 Å². The van der Waals surface area contributed by atoms with Crippen molar-refractivity contribution in [2.45, 2.75) is 66.5 Å². The highest BCUT2D eigenvalue weighted by Crippen LogP contribution is 2.38. The van der Waals surface area contributed by atoms with Gasteiger partial charge in [0.15, 0.2) is 0 Å². The predicted molar refractivity (Wildman–Crippen MR) is 158 cm³/mol. The summed E-state index contributed by atoms with van der Waals surface area (Å²) in [6.07, 6.45) is 1.39. The van der Waals surface area contributed by atoms with Crippen molar-refractivity contribution in [3.63, 3.8) is 0 Å². The summed E-state index contributed by atoms with van der Waals surface area (Å²) in [6, 6.07) is 7.36. The second-order valence-corrected chi connectivity index (χ2v) is 10.1. The van der Waals surface area contributed by atoms with Crippen LogP contribution in [0.15, 0.2) is 30.3 Å². The third kappa shape index (κ3) is 8.41. The first-order valence-corrected chi connectivity index (χ1v) is 14.5. The second kappa shape index (κ2) is 16.6. The van der Waals surface area contributed by atoms with Crippen LogP contribution >= 0.6 is 11.6 Å². The van der Waals surface area contributed by atoms with Crippen LogP contribution in [0, 0.1) is 5.82 Å². The van der Waals surface area contributed by atoms with Crippen LogP contribution in [0.2, 0.25) is 5.02 Å². The molecule has 0 N–H and O–H groups in total. The predicted octanol–water partition coefficient (Wildman–Crippen LogP) is 6.71. The number of nitrogens with zero attached hydrogens (tertiary/aromatic N) is 2. The molecule has 0 unspecified atom stereocenters. The molecule has 2 amide bonds. The van der Waals surface area contributed by atoms with Crippen LogP contribution in [0.3, 0.4) is 0 Å². The van der Waals surface area contributed by atoms with Gasteiger partial charge in [-0.1, -0.05) is 32.4 Å². The molecule has 40 heavy (non-hydrogen) atoms. The van der Waals surface area contributed by atoms with Gasteiger partial charge in [0.2, 0.25) is 0 Å². The number of hydrogen-bond acceptors (Lipinski definition) is 5. The normalized spacial score (nSPS) is 13.9. The first-order valence-electron chi connectivity index (χ1n) is 14.1. The van der Waals surface area contributed by atoms with Gasteiger partial charge in [0.25, 0.3) is 11.8 Å². The summed E-state index contributed by atoms with van der Waals surface area (Å²) in [5, 5.41) is 0.188. The van der Waals surface area contributed by atoms with Gasteiger partial charge in [0.05, 0.1) is 30.4 Å². The summed E-state index contributed by atoms with van der Waals surface area (Å²) in [4.78, 5) is 30.2. The number of hydrogen-bond donors (Lipinski definition) is 0. The van der Waals surface area contributed by atoms with Crippen molar-refractivity contribution in [3.05, 3.63) is 52.3 Å². The van der Waals surface area contributed by atoms with E-state index >= 15 is 4.39 Å². The van der Waals surface area contributed by atoms with Gasteiger partial charge in [0, 0.05) is 62.0 Å². The van der Waals surface area contributed by atoms with Crippen LogP contribution in [0.4, 0.5) is 4.39 Å². The Bertz CT molecular complexity index is 1120. The molecular formula is C31H44ClFN2O5. The van der Waals surface area contributed by atoms with E-state index in [-0.39, 0.29) is 40.0 Å². The van der Waals surface area contributed by atoms with Crippen molar-refractivity contribution in [2.75, 3.05) is 46.6 Å². The lowest BCUT2D eigenvalue weighted by Gasteiger charge is -2.33. The SMILES string of the molecule is CC.CC[C@@H](C)N(C(=O)c1cc(OCCCOC)c(-c2cc(C(=O)N3CCOCC3)ccc2F)cc1Cl)C(C)C. The molecule has 1 aliphatic heterocycles. The van der Waals surface area contributed by atoms with Crippen molar-refractivity contribution in [1.82, 2.24) is 9.80 Å². The molecule has 0 spiro atoms. The molecular weight excluding hydrogens is 535 g/mol. The highest BCUT2D eigenvalue weighted by Gasteiger charge is 2.27. The molecule has 1 saturated heterocycles. The number of methoxy groups -OCH3 is 1. The molecule has 0 aliphatic carbocycles. The zero-order valence-electron chi connectivity index (χ0n) is 24.9. The fourth-order valence-electron chi connectivity index (χ4n) is 4.53. The van der Waals surface area contributed by atoms with Gasteiger partial charge >= 0.3 is 0 Å². The maximum Gasteiger partial charge on any atom is 0.255 e. The number of carbonyl (C=O) groups excluding carboxylic acids is 2. The Kier molecular flexibility index (Phi) is 13.9. The Morgan fingerprint density at radius 2 is 1.75 bits per heavy atom. The lowest BCUT2D eigenvalue weighted by molar-refractivity contribution is 0.0303. The van der Waals surface area contributed by atoms with E-state index in [0.717, 1.165) is 6.42 Å². The van der Waals surface area contributed by atoms with Gasteiger partial charge in [-0.05, 0) is 57.5 Å². The molecule has 1 aliphatic rings. The largest absolute Gasteiger partial charge is 0.493 e. The Morgan fingerprint density at radius 1 is 1.07 bits per heavy atom. The Morgan fingerprint density at radius 3 is 2.35 bits per heavy atom. The molecule has 2 aromatic rings. The van der Waals surface area contributed by atoms with Crippen molar-refractivity contribution in [1.29, 1.82) is 0 Å². The van der Waals surface area contributed by atoms with Gasteiger partial charge in [-0.25, -0.2) is 4.39 Å². The minimum absolute atomic E-state index is 0.00430. The molecule has 0 bridgehead atoms. The number of ether oxygens (including phenoxy) is 3. The molecule has 0 saturated carbocycles. The fraction of sp³-hybridized carbons (Fsp3) is 0.548. The van der Waals surface area contributed by atoms with Crippen LogP contribution in [0.25, 0.3) is 11.1 Å². The standard InChI is InChI=1S/C29H38ClFN2O5.C2H6/c1-6-20(4)33(19(2)3)29(35)24-18-27(38-13-7-12-36-5)23(17-25(24)30)22-16-21(8-9-26(22)31)28(34)32-10-14-37-15-11-32;1-2/h8-9,16-20H,6-7,10-15H2,1-5H3;1-2H3/t20-;/m1./s1. The van der Waals surface area contributed by atoms with Crippen LogP contribution in [0.1, 0.15) is 75.1 Å². The Balaban J connectivity index is 0.00000274. The smallest absolute Gasteiger partial charge is 0.255 e. The summed E-state index contributed by atoms with van der Waals surface area (Å²) in [5.74, 6) is -0.624. The van der Waals surface area contributed by atoms with Crippen molar-refractivity contribution in [3.8, 4) is 16.9 Å². The van der Waals surface area contributed by atoms with Crippen molar-refractivity contribution in [2.24, 2.45) is 0 Å². The van der Waals surface area contributed by atoms with Crippen molar-refractivity contribution < 1.29 is 28.2 Å². The lowest BCUT2D eigenvalue weighted by atomic mass is 9.98. The molecule has 0 aromatic heterocycles. The van der Waals surface area contributed by atoms with Crippen molar-refractivity contribution >= 4 is 23.4 Å². The number of carbonyl (C=O) groups is 2. The molecule has 2 aromatic carbocycles. The average Bonchev–Trinajstić information content (AvgIpc) is 2.97. The van der Waals surface area contributed by atoms with Gasteiger partial charge in [-0.3, -0.25) is 9.59 Å². The number of rotatable bonds is 11. The van der Waals surface area contributed by atoms with E-state index in [4.69, 9.17) is 25.8 Å². The number of morpholine rings is 1. The first kappa shape index (κ1) is 33.5. The number of amides is 2. The maximum atomic E-state index is 15.2. The molecule has 9 heteroatoms. The molecule has 1 atom stereocenters. The maximum absolute atomic E-state index is 15.2. The number of benzene rings is 2. The van der Waals surface area contributed by atoms with Crippen LogP contribution in [-0.2, 0) is 9.47 Å². The monoisotopic (exact) mass is 578 g/mol. The molecule has 1 fully saturated rings. The topological polar surface area (TPSA) is 68.3 Å². The molecule has 1 heterocycles. The number of halogens is 2. The van der Waals surface area contributed by atoms with Gasteiger partial charge in [0.1, 0.15) is 11.6 Å². The van der Waals surface area contributed by atoms with E-state index in [2.05, 4.69) is 0 Å². The molecule has 7 nitrogen and oxygen atoms in total. The Hall–Kier alpha value is -2.68. The summed E-state index contributed by atoms with van der Waals surface area (Å²) in [5.41, 5.74) is 1.19. The van der Waals surface area contributed by atoms with Gasteiger partial charge in [-0.2, -0.15) is 0 Å². The van der Waals surface area contributed by atoms with E-state index in [1.165, 1.54) is 18.2 Å². The average molecular weight is 579 g/mol. The third-order valence-corrected chi connectivity index (χ3v) is 7.02. The lowest BCUT2D eigenvalue weighted by Crippen LogP contribution is -2.43. The van der Waals surface area contributed by atoms with E-state index < -0.39 is 5.82 Å². The highest BCUT2D eigenvalue weighted by molar-refractivity contribution is 6.34. The zero-order chi connectivity index (χ0) is 29.8.